The number of nitrogens with zero attached hydrogens (tertiary/aromatic N) is 1. The van der Waals surface area contributed by atoms with Crippen LogP contribution in [0.2, 0.25) is 0 Å². The molecule has 0 aliphatic heterocycles. The van der Waals surface area contributed by atoms with Crippen LogP contribution in [0.3, 0.4) is 0 Å². The molecular weight excluding hydrogens is 270 g/mol. The second kappa shape index (κ2) is 5.15. The van der Waals surface area contributed by atoms with Crippen LogP contribution in [0.15, 0.2) is 83.8 Å². The van der Waals surface area contributed by atoms with Crippen molar-refractivity contribution in [2.24, 2.45) is 0 Å². The lowest BCUT2D eigenvalue weighted by Crippen LogP contribution is -2.19. The van der Waals surface area contributed by atoms with Gasteiger partial charge in [-0.1, -0.05) is 54.6 Å². The number of rotatable bonds is 2. The van der Waals surface area contributed by atoms with Crippen molar-refractivity contribution in [1.29, 1.82) is 0 Å². The highest BCUT2D eigenvalue weighted by molar-refractivity contribution is 5.83. The third-order valence-electron chi connectivity index (χ3n) is 4.05. The first-order chi connectivity index (χ1) is 10.8. The Hall–Kier alpha value is -2.87. The number of fused-ring (bicyclic) bond motifs is 2. The zero-order valence-electron chi connectivity index (χ0n) is 12.1. The maximum atomic E-state index is 12.6. The molecule has 0 aliphatic rings. The molecule has 22 heavy (non-hydrogen) atoms. The monoisotopic (exact) mass is 285 g/mol. The summed E-state index contributed by atoms with van der Waals surface area (Å²) in [5, 5.41) is 4.18. The molecule has 0 fully saturated rings. The van der Waals surface area contributed by atoms with Gasteiger partial charge in [0.05, 0.1) is 6.54 Å². The molecule has 0 spiro atoms. The van der Waals surface area contributed by atoms with E-state index in [1.807, 2.05) is 48.7 Å². The van der Waals surface area contributed by atoms with E-state index in [9.17, 15) is 4.79 Å². The maximum absolute atomic E-state index is 12.6. The maximum Gasteiger partial charge on any atom is 0.258 e. The van der Waals surface area contributed by atoms with Crippen LogP contribution in [0.5, 0.6) is 0 Å². The number of pyridine rings is 1. The molecule has 3 aromatic carbocycles. The zero-order valence-corrected chi connectivity index (χ0v) is 12.1. The highest BCUT2D eigenvalue weighted by atomic mass is 16.1. The van der Waals surface area contributed by atoms with Gasteiger partial charge < -0.3 is 4.57 Å². The highest BCUT2D eigenvalue weighted by Crippen LogP contribution is 2.16. The Morgan fingerprint density at radius 2 is 1.45 bits per heavy atom. The van der Waals surface area contributed by atoms with Crippen LogP contribution >= 0.6 is 0 Å². The quantitative estimate of drug-likeness (QED) is 0.541. The predicted molar refractivity (Wildman–Crippen MR) is 91.3 cm³/mol. The van der Waals surface area contributed by atoms with Gasteiger partial charge in [0.1, 0.15) is 0 Å². The molecule has 0 saturated carbocycles. The Kier molecular flexibility index (Phi) is 3.01. The van der Waals surface area contributed by atoms with Crippen molar-refractivity contribution in [3.05, 3.63) is 94.9 Å². The lowest BCUT2D eigenvalue weighted by molar-refractivity contribution is 0.769. The molecule has 0 radical (unpaired) electrons. The fourth-order valence-electron chi connectivity index (χ4n) is 2.89. The lowest BCUT2D eigenvalue weighted by Gasteiger charge is -2.08. The summed E-state index contributed by atoms with van der Waals surface area (Å²) in [7, 11) is 0. The summed E-state index contributed by atoms with van der Waals surface area (Å²) in [6.07, 6.45) is 1.87. The molecule has 0 bridgehead atoms. The summed E-state index contributed by atoms with van der Waals surface area (Å²) >= 11 is 0. The van der Waals surface area contributed by atoms with E-state index < -0.39 is 0 Å². The normalized spacial score (nSPS) is 11.1. The largest absolute Gasteiger partial charge is 0.311 e. The van der Waals surface area contributed by atoms with Gasteiger partial charge >= 0.3 is 0 Å². The molecule has 4 rings (SSSR count). The predicted octanol–water partition coefficient (Wildman–Crippen LogP) is 4.20. The SMILES string of the molecule is O=c1c2ccccc2ccn1Cc1ccc2ccccc2c1. The van der Waals surface area contributed by atoms with Crippen molar-refractivity contribution in [2.45, 2.75) is 6.54 Å². The second-order valence-electron chi connectivity index (χ2n) is 5.52. The molecule has 1 heterocycles. The number of aromatic nitrogens is 1. The summed E-state index contributed by atoms with van der Waals surface area (Å²) < 4.78 is 1.77. The van der Waals surface area contributed by atoms with Crippen LogP contribution in [0.25, 0.3) is 21.5 Å². The Labute approximate surface area is 128 Å². The molecule has 2 heteroatoms. The van der Waals surface area contributed by atoms with E-state index in [0.29, 0.717) is 6.54 Å². The Morgan fingerprint density at radius 3 is 2.32 bits per heavy atom. The minimum Gasteiger partial charge on any atom is -0.311 e. The molecule has 4 aromatic rings. The molecule has 0 aliphatic carbocycles. The van der Waals surface area contributed by atoms with Crippen molar-refractivity contribution in [1.82, 2.24) is 4.57 Å². The Morgan fingerprint density at radius 1 is 0.727 bits per heavy atom. The fraction of sp³-hybridized carbons (Fsp3) is 0.0500. The first-order valence-corrected chi connectivity index (χ1v) is 7.37. The lowest BCUT2D eigenvalue weighted by atomic mass is 10.1. The van der Waals surface area contributed by atoms with Crippen LogP contribution < -0.4 is 5.56 Å². The van der Waals surface area contributed by atoms with Gasteiger partial charge in [0, 0.05) is 11.6 Å². The average molecular weight is 285 g/mol. The van der Waals surface area contributed by atoms with Gasteiger partial charge in [0.25, 0.3) is 5.56 Å². The van der Waals surface area contributed by atoms with Gasteiger partial charge in [0.15, 0.2) is 0 Å². The molecule has 106 valence electrons. The van der Waals surface area contributed by atoms with Crippen LogP contribution in [0.4, 0.5) is 0 Å². The van der Waals surface area contributed by atoms with Gasteiger partial charge in [-0.15, -0.1) is 0 Å². The molecule has 1 aromatic heterocycles. The van der Waals surface area contributed by atoms with Gasteiger partial charge in [-0.25, -0.2) is 0 Å². The van der Waals surface area contributed by atoms with Gasteiger partial charge in [-0.3, -0.25) is 4.79 Å². The van der Waals surface area contributed by atoms with Crippen LogP contribution in [0.1, 0.15) is 5.56 Å². The topological polar surface area (TPSA) is 22.0 Å². The average Bonchev–Trinajstić information content (AvgIpc) is 2.57. The van der Waals surface area contributed by atoms with E-state index >= 15 is 0 Å². The van der Waals surface area contributed by atoms with E-state index in [1.165, 1.54) is 10.8 Å². The number of hydrogen-bond donors (Lipinski definition) is 0. The zero-order chi connectivity index (χ0) is 14.9. The molecule has 0 amide bonds. The van der Waals surface area contributed by atoms with Crippen LogP contribution in [-0.2, 0) is 6.54 Å². The van der Waals surface area contributed by atoms with Gasteiger partial charge in [-0.2, -0.15) is 0 Å². The smallest absolute Gasteiger partial charge is 0.258 e. The summed E-state index contributed by atoms with van der Waals surface area (Å²) in [5.41, 5.74) is 1.20. The van der Waals surface area contributed by atoms with E-state index in [0.717, 1.165) is 16.3 Å². The Balaban J connectivity index is 1.79. The minimum absolute atomic E-state index is 0.0614. The van der Waals surface area contributed by atoms with Crippen molar-refractivity contribution in [3.8, 4) is 0 Å². The van der Waals surface area contributed by atoms with Gasteiger partial charge in [0.2, 0.25) is 0 Å². The molecule has 2 nitrogen and oxygen atoms in total. The summed E-state index contributed by atoms with van der Waals surface area (Å²) in [4.78, 5) is 12.6. The van der Waals surface area contributed by atoms with Crippen molar-refractivity contribution < 1.29 is 0 Å². The summed E-state index contributed by atoms with van der Waals surface area (Å²) in [5.74, 6) is 0. The third-order valence-corrected chi connectivity index (χ3v) is 4.05. The van der Waals surface area contributed by atoms with Gasteiger partial charge in [-0.05, 0) is 39.9 Å². The molecular formula is C20H15NO. The second-order valence-corrected chi connectivity index (χ2v) is 5.52. The van der Waals surface area contributed by atoms with E-state index in [2.05, 4.69) is 30.3 Å². The number of benzene rings is 3. The summed E-state index contributed by atoms with van der Waals surface area (Å²) in [6.45, 7) is 0.592. The fourth-order valence-corrected chi connectivity index (χ4v) is 2.89. The van der Waals surface area contributed by atoms with Crippen molar-refractivity contribution in [3.63, 3.8) is 0 Å². The third kappa shape index (κ3) is 2.19. The van der Waals surface area contributed by atoms with Crippen LogP contribution in [-0.4, -0.2) is 4.57 Å². The molecule has 0 unspecified atom stereocenters. The number of hydrogen-bond acceptors (Lipinski definition) is 1. The Bertz CT molecular complexity index is 1030. The van der Waals surface area contributed by atoms with E-state index in [1.54, 1.807) is 4.57 Å². The van der Waals surface area contributed by atoms with Crippen molar-refractivity contribution >= 4 is 21.5 Å². The first-order valence-electron chi connectivity index (χ1n) is 7.37. The first kappa shape index (κ1) is 12.8. The van der Waals surface area contributed by atoms with E-state index in [-0.39, 0.29) is 5.56 Å². The minimum atomic E-state index is 0.0614. The van der Waals surface area contributed by atoms with E-state index in [4.69, 9.17) is 0 Å². The van der Waals surface area contributed by atoms with Crippen LogP contribution in [0, 0.1) is 0 Å². The highest BCUT2D eigenvalue weighted by Gasteiger charge is 2.03. The summed E-state index contributed by atoms with van der Waals surface area (Å²) in [6, 6.07) is 24.3. The molecule has 0 saturated heterocycles. The standard InChI is InChI=1S/C20H15NO/c22-20-19-8-4-3-6-17(19)11-12-21(20)14-15-9-10-16-5-1-2-7-18(16)13-15/h1-13H,14H2. The molecule has 0 atom stereocenters. The molecule has 0 N–H and O–H groups in total. The van der Waals surface area contributed by atoms with Crippen molar-refractivity contribution in [2.75, 3.05) is 0 Å².